The number of carboxylic acids is 1. The van der Waals surface area contributed by atoms with Gasteiger partial charge in [0.1, 0.15) is 6.04 Å². The molecule has 2 atom stereocenters. The van der Waals surface area contributed by atoms with Gasteiger partial charge in [0.15, 0.2) is 0 Å². The van der Waals surface area contributed by atoms with Gasteiger partial charge in [-0.1, -0.05) is 24.3 Å². The lowest BCUT2D eigenvalue weighted by molar-refractivity contribution is -0.138. The molecule has 0 aromatic heterocycles. The van der Waals surface area contributed by atoms with Crippen molar-refractivity contribution < 1.29 is 9.90 Å². The number of aliphatic carboxylic acids is 1. The van der Waals surface area contributed by atoms with E-state index < -0.39 is 12.0 Å². The summed E-state index contributed by atoms with van der Waals surface area (Å²) in [6.45, 7) is 0. The lowest BCUT2D eigenvalue weighted by Gasteiger charge is -2.13. The van der Waals surface area contributed by atoms with Crippen LogP contribution in [0.4, 0.5) is 0 Å². The first-order chi connectivity index (χ1) is 6.20. The van der Waals surface area contributed by atoms with E-state index in [-0.39, 0.29) is 0 Å². The van der Waals surface area contributed by atoms with Crippen molar-refractivity contribution in [3.8, 4) is 0 Å². The van der Waals surface area contributed by atoms with Crippen LogP contribution in [0.5, 0.6) is 0 Å². The van der Waals surface area contributed by atoms with Gasteiger partial charge in [0.25, 0.3) is 0 Å². The Morgan fingerprint density at radius 3 is 2.92 bits per heavy atom. The molecule has 0 radical (unpaired) electrons. The lowest BCUT2D eigenvalue weighted by atomic mass is 9.94. The summed E-state index contributed by atoms with van der Waals surface area (Å²) < 4.78 is 0. The average Bonchev–Trinajstić information content (AvgIpc) is 2.15. The number of rotatable bonds is 4. The Kier molecular flexibility index (Phi) is 3.71. The van der Waals surface area contributed by atoms with E-state index in [1.54, 1.807) is 0 Å². The molecule has 0 aromatic rings. The highest BCUT2D eigenvalue weighted by Crippen LogP contribution is 2.17. The molecule has 3 heteroatoms. The Labute approximate surface area is 77.9 Å². The fraction of sp³-hybridized carbons (Fsp3) is 0.500. The van der Waals surface area contributed by atoms with Crippen LogP contribution in [0.1, 0.15) is 19.3 Å². The van der Waals surface area contributed by atoms with Gasteiger partial charge in [-0.05, 0) is 25.2 Å². The number of hydrogen-bond acceptors (Lipinski definition) is 2. The molecular weight excluding hydrogens is 166 g/mol. The molecule has 0 amide bonds. The molecule has 3 nitrogen and oxygen atoms in total. The summed E-state index contributed by atoms with van der Waals surface area (Å²) in [6.07, 6.45) is 10.6. The SMILES string of the molecule is N[C@@H](CCC1C=CC=CC1)C(=O)O. The fourth-order valence-electron chi connectivity index (χ4n) is 1.36. The summed E-state index contributed by atoms with van der Waals surface area (Å²) in [5.41, 5.74) is 5.39. The first kappa shape index (κ1) is 9.99. The summed E-state index contributed by atoms with van der Waals surface area (Å²) in [5.74, 6) is -0.439. The van der Waals surface area contributed by atoms with E-state index in [1.165, 1.54) is 0 Å². The third-order valence-corrected chi connectivity index (χ3v) is 2.23. The molecule has 1 aliphatic carbocycles. The molecule has 0 aromatic carbocycles. The van der Waals surface area contributed by atoms with Crippen LogP contribution in [-0.4, -0.2) is 17.1 Å². The molecular formula is C10H15NO2. The van der Waals surface area contributed by atoms with Crippen LogP contribution >= 0.6 is 0 Å². The Bertz CT molecular complexity index is 233. The highest BCUT2D eigenvalue weighted by atomic mass is 16.4. The Morgan fingerprint density at radius 2 is 2.38 bits per heavy atom. The summed E-state index contributed by atoms with van der Waals surface area (Å²) >= 11 is 0. The van der Waals surface area contributed by atoms with E-state index >= 15 is 0 Å². The minimum Gasteiger partial charge on any atom is -0.480 e. The highest BCUT2D eigenvalue weighted by Gasteiger charge is 2.13. The lowest BCUT2D eigenvalue weighted by Crippen LogP contribution is -2.30. The van der Waals surface area contributed by atoms with Crippen LogP contribution in [-0.2, 0) is 4.79 Å². The molecule has 0 bridgehead atoms. The second-order valence-electron chi connectivity index (χ2n) is 3.33. The second kappa shape index (κ2) is 4.82. The van der Waals surface area contributed by atoms with Gasteiger partial charge in [-0.25, -0.2) is 0 Å². The van der Waals surface area contributed by atoms with Crippen molar-refractivity contribution in [2.75, 3.05) is 0 Å². The summed E-state index contributed by atoms with van der Waals surface area (Å²) in [6, 6.07) is -0.709. The van der Waals surface area contributed by atoms with E-state index in [2.05, 4.69) is 12.2 Å². The van der Waals surface area contributed by atoms with Crippen molar-refractivity contribution in [1.29, 1.82) is 0 Å². The van der Waals surface area contributed by atoms with Gasteiger partial charge in [0, 0.05) is 0 Å². The summed E-state index contributed by atoms with van der Waals surface area (Å²) in [4.78, 5) is 10.4. The topological polar surface area (TPSA) is 63.3 Å². The van der Waals surface area contributed by atoms with Crippen molar-refractivity contribution in [1.82, 2.24) is 0 Å². The first-order valence-electron chi connectivity index (χ1n) is 4.52. The van der Waals surface area contributed by atoms with Gasteiger partial charge in [0.05, 0.1) is 0 Å². The zero-order valence-corrected chi connectivity index (χ0v) is 7.52. The van der Waals surface area contributed by atoms with Gasteiger partial charge < -0.3 is 10.8 Å². The molecule has 0 saturated carbocycles. The molecule has 0 saturated heterocycles. The minimum atomic E-state index is -0.907. The summed E-state index contributed by atoms with van der Waals surface area (Å²) in [7, 11) is 0. The molecule has 0 aliphatic heterocycles. The third kappa shape index (κ3) is 3.42. The predicted octanol–water partition coefficient (Wildman–Crippen LogP) is 1.31. The number of allylic oxidation sites excluding steroid dienone is 4. The van der Waals surface area contributed by atoms with Crippen LogP contribution in [0.25, 0.3) is 0 Å². The number of carboxylic acid groups (broad SMARTS) is 1. The Balaban J connectivity index is 2.22. The molecule has 0 fully saturated rings. The van der Waals surface area contributed by atoms with E-state index in [1.807, 2.05) is 12.2 Å². The van der Waals surface area contributed by atoms with Crippen LogP contribution < -0.4 is 5.73 Å². The Hall–Kier alpha value is -1.09. The van der Waals surface area contributed by atoms with Gasteiger partial charge in [-0.2, -0.15) is 0 Å². The first-order valence-corrected chi connectivity index (χ1v) is 4.52. The highest BCUT2D eigenvalue weighted by molar-refractivity contribution is 5.72. The smallest absolute Gasteiger partial charge is 0.320 e. The van der Waals surface area contributed by atoms with Crippen LogP contribution in [0, 0.1) is 5.92 Å². The van der Waals surface area contributed by atoms with Gasteiger partial charge in [-0.3, -0.25) is 4.79 Å². The van der Waals surface area contributed by atoms with Crippen molar-refractivity contribution in [3.05, 3.63) is 24.3 Å². The molecule has 72 valence electrons. The van der Waals surface area contributed by atoms with Crippen molar-refractivity contribution in [2.24, 2.45) is 11.7 Å². The van der Waals surface area contributed by atoms with Gasteiger partial charge in [0.2, 0.25) is 0 Å². The van der Waals surface area contributed by atoms with Crippen molar-refractivity contribution in [2.45, 2.75) is 25.3 Å². The monoisotopic (exact) mass is 181 g/mol. The van der Waals surface area contributed by atoms with E-state index in [9.17, 15) is 4.79 Å². The van der Waals surface area contributed by atoms with Crippen molar-refractivity contribution in [3.63, 3.8) is 0 Å². The molecule has 13 heavy (non-hydrogen) atoms. The maximum absolute atomic E-state index is 10.4. The van der Waals surface area contributed by atoms with Crippen LogP contribution in [0.3, 0.4) is 0 Å². The molecule has 1 unspecified atom stereocenters. The van der Waals surface area contributed by atoms with Gasteiger partial charge >= 0.3 is 5.97 Å². The maximum Gasteiger partial charge on any atom is 0.320 e. The largest absolute Gasteiger partial charge is 0.480 e. The maximum atomic E-state index is 10.4. The zero-order chi connectivity index (χ0) is 9.68. The van der Waals surface area contributed by atoms with Gasteiger partial charge in [-0.15, -0.1) is 0 Å². The summed E-state index contributed by atoms with van der Waals surface area (Å²) in [5, 5.41) is 8.55. The van der Waals surface area contributed by atoms with Crippen LogP contribution in [0.2, 0.25) is 0 Å². The fourth-order valence-corrected chi connectivity index (χ4v) is 1.36. The predicted molar refractivity (Wildman–Crippen MR) is 51.2 cm³/mol. The number of nitrogens with two attached hydrogens (primary N) is 1. The Morgan fingerprint density at radius 1 is 1.62 bits per heavy atom. The molecule has 0 heterocycles. The van der Waals surface area contributed by atoms with E-state index in [0.717, 1.165) is 12.8 Å². The number of carbonyl (C=O) groups is 1. The average molecular weight is 181 g/mol. The van der Waals surface area contributed by atoms with Crippen molar-refractivity contribution >= 4 is 5.97 Å². The minimum absolute atomic E-state index is 0.468. The normalized spacial score (nSPS) is 23.0. The van der Waals surface area contributed by atoms with E-state index in [4.69, 9.17) is 10.8 Å². The number of hydrogen-bond donors (Lipinski definition) is 2. The quantitative estimate of drug-likeness (QED) is 0.687. The zero-order valence-electron chi connectivity index (χ0n) is 7.52. The second-order valence-corrected chi connectivity index (χ2v) is 3.33. The van der Waals surface area contributed by atoms with E-state index in [0.29, 0.717) is 12.3 Å². The molecule has 3 N–H and O–H groups in total. The standard InChI is InChI=1S/C10H15NO2/c11-9(10(12)13)7-6-8-4-2-1-3-5-8/h1-4,8-9H,5-7,11H2,(H,12,13)/t8?,9-/m0/s1. The molecule has 1 rings (SSSR count). The third-order valence-electron chi connectivity index (χ3n) is 2.23. The molecule has 1 aliphatic rings. The van der Waals surface area contributed by atoms with Crippen LogP contribution in [0.15, 0.2) is 24.3 Å². The molecule has 0 spiro atoms.